The fourth-order valence-corrected chi connectivity index (χ4v) is 4.62. The summed E-state index contributed by atoms with van der Waals surface area (Å²) in [6, 6.07) is 9.17. The van der Waals surface area contributed by atoms with E-state index in [1.165, 1.54) is 4.68 Å². The molecule has 0 N–H and O–H groups in total. The number of hydrogen-bond acceptors (Lipinski definition) is 7. The molecule has 166 valence electrons. The van der Waals surface area contributed by atoms with E-state index in [4.69, 9.17) is 9.15 Å². The highest BCUT2D eigenvalue weighted by Crippen LogP contribution is 2.34. The molecule has 0 unspecified atom stereocenters. The van der Waals surface area contributed by atoms with Crippen molar-refractivity contribution in [1.29, 1.82) is 0 Å². The second-order valence-electron chi connectivity index (χ2n) is 7.89. The largest absolute Gasteiger partial charge is 0.464 e. The Morgan fingerprint density at radius 1 is 1.16 bits per heavy atom. The van der Waals surface area contributed by atoms with Crippen molar-refractivity contribution in [3.63, 3.8) is 0 Å². The van der Waals surface area contributed by atoms with E-state index in [2.05, 4.69) is 10.1 Å². The highest BCUT2D eigenvalue weighted by molar-refractivity contribution is 7.89. The number of amides is 1. The molecular formula is C22H22N4O5S. The van der Waals surface area contributed by atoms with E-state index in [1.54, 1.807) is 23.4 Å². The zero-order valence-electron chi connectivity index (χ0n) is 17.5. The summed E-state index contributed by atoms with van der Waals surface area (Å²) >= 11 is 0. The predicted molar refractivity (Wildman–Crippen MR) is 119 cm³/mol. The highest BCUT2D eigenvalue weighted by atomic mass is 32.2. The van der Waals surface area contributed by atoms with Crippen LogP contribution in [-0.2, 0) is 20.5 Å². The first-order valence-corrected chi connectivity index (χ1v) is 12.3. The Balaban J connectivity index is 1.64. The van der Waals surface area contributed by atoms with Gasteiger partial charge in [-0.25, -0.2) is 13.1 Å². The first-order chi connectivity index (χ1) is 15.4. The van der Waals surface area contributed by atoms with Crippen LogP contribution in [-0.4, -0.2) is 66.5 Å². The van der Waals surface area contributed by atoms with Gasteiger partial charge in [0.1, 0.15) is 29.1 Å². The van der Waals surface area contributed by atoms with E-state index in [0.29, 0.717) is 48.5 Å². The van der Waals surface area contributed by atoms with Gasteiger partial charge in [0.2, 0.25) is 0 Å². The summed E-state index contributed by atoms with van der Waals surface area (Å²) in [5.41, 5.74) is 2.78. The van der Waals surface area contributed by atoms with Crippen molar-refractivity contribution in [2.75, 3.05) is 32.6 Å². The molecule has 0 spiro atoms. The molecule has 32 heavy (non-hydrogen) atoms. The Morgan fingerprint density at radius 3 is 2.84 bits per heavy atom. The van der Waals surface area contributed by atoms with Crippen LogP contribution in [0.2, 0.25) is 0 Å². The topological polar surface area (TPSA) is 108 Å². The van der Waals surface area contributed by atoms with Gasteiger partial charge in [0.25, 0.3) is 5.91 Å². The van der Waals surface area contributed by atoms with Crippen LogP contribution < -0.4 is 0 Å². The molecule has 4 heterocycles. The van der Waals surface area contributed by atoms with Crippen molar-refractivity contribution in [3.8, 4) is 11.3 Å². The molecular weight excluding hydrogens is 432 g/mol. The fraction of sp³-hybridized carbons (Fsp3) is 0.318. The molecule has 0 saturated carbocycles. The average molecular weight is 455 g/mol. The van der Waals surface area contributed by atoms with Gasteiger partial charge in [0.05, 0.1) is 12.1 Å². The van der Waals surface area contributed by atoms with Gasteiger partial charge >= 0.3 is 0 Å². The zero-order valence-corrected chi connectivity index (χ0v) is 18.3. The molecule has 4 aromatic rings. The molecule has 0 aliphatic carbocycles. The number of ether oxygens (including phenoxy) is 1. The lowest BCUT2D eigenvalue weighted by molar-refractivity contribution is 0.0735. The standard InChI is InChI=1S/C22H22N4O5S/c1-32(28,29)14-26-19-11-18(22(27)25-7-4-9-30-10-8-25)23-12-16(19)21(24-26)17-13-31-20-6-3-2-5-15(17)20/h2-3,5-6,11-13H,4,7-10,14H2,1H3. The Bertz CT molecular complexity index is 1410. The molecule has 0 bridgehead atoms. The Hall–Kier alpha value is -3.24. The number of benzene rings is 1. The Labute approximate surface area is 184 Å². The minimum absolute atomic E-state index is 0.209. The lowest BCUT2D eigenvalue weighted by Crippen LogP contribution is -2.33. The number of aromatic nitrogens is 3. The summed E-state index contributed by atoms with van der Waals surface area (Å²) in [5.74, 6) is -0.520. The van der Waals surface area contributed by atoms with E-state index in [9.17, 15) is 13.2 Å². The van der Waals surface area contributed by atoms with Crippen molar-refractivity contribution in [2.24, 2.45) is 0 Å². The minimum atomic E-state index is -3.38. The molecule has 5 rings (SSSR count). The van der Waals surface area contributed by atoms with Crippen LogP contribution in [0.25, 0.3) is 33.1 Å². The van der Waals surface area contributed by atoms with Crippen LogP contribution in [0.3, 0.4) is 0 Å². The van der Waals surface area contributed by atoms with Crippen molar-refractivity contribution in [2.45, 2.75) is 12.3 Å². The van der Waals surface area contributed by atoms with Gasteiger partial charge in [-0.05, 0) is 18.6 Å². The number of sulfone groups is 1. The molecule has 1 aliphatic heterocycles. The van der Waals surface area contributed by atoms with Gasteiger partial charge in [-0.2, -0.15) is 5.10 Å². The SMILES string of the molecule is CS(=O)(=O)Cn1nc(-c2coc3ccccc23)c2cnc(C(=O)N3CCCOCC3)cc21. The van der Waals surface area contributed by atoms with Crippen LogP contribution in [0.15, 0.2) is 47.2 Å². The monoisotopic (exact) mass is 454 g/mol. The molecule has 1 fully saturated rings. The summed E-state index contributed by atoms with van der Waals surface area (Å²) in [6.45, 7) is 2.19. The van der Waals surface area contributed by atoms with Crippen molar-refractivity contribution in [3.05, 3.63) is 48.5 Å². The second kappa shape index (κ2) is 8.03. The third-order valence-corrected chi connectivity index (χ3v) is 6.17. The number of fused-ring (bicyclic) bond motifs is 2. The molecule has 9 nitrogen and oxygen atoms in total. The summed E-state index contributed by atoms with van der Waals surface area (Å²) in [4.78, 5) is 19.2. The number of hydrogen-bond donors (Lipinski definition) is 0. The lowest BCUT2D eigenvalue weighted by atomic mass is 10.1. The van der Waals surface area contributed by atoms with Crippen molar-refractivity contribution >= 4 is 37.6 Å². The van der Waals surface area contributed by atoms with E-state index < -0.39 is 9.84 Å². The number of furan rings is 1. The van der Waals surface area contributed by atoms with Gasteiger partial charge in [-0.15, -0.1) is 0 Å². The maximum absolute atomic E-state index is 13.0. The molecule has 10 heteroatoms. The van der Waals surface area contributed by atoms with Crippen LogP contribution in [0, 0.1) is 0 Å². The van der Waals surface area contributed by atoms with Gasteiger partial charge in [-0.3, -0.25) is 9.78 Å². The average Bonchev–Trinajstić information content (AvgIpc) is 3.21. The third kappa shape index (κ3) is 3.87. The molecule has 0 atom stereocenters. The number of carbonyl (C=O) groups excluding carboxylic acids is 1. The summed E-state index contributed by atoms with van der Waals surface area (Å²) in [7, 11) is -3.38. The van der Waals surface area contributed by atoms with Crippen LogP contribution >= 0.6 is 0 Å². The Kier molecular flexibility index (Phi) is 5.18. The van der Waals surface area contributed by atoms with Crippen LogP contribution in [0.1, 0.15) is 16.9 Å². The maximum atomic E-state index is 13.0. The minimum Gasteiger partial charge on any atom is -0.464 e. The van der Waals surface area contributed by atoms with E-state index in [1.807, 2.05) is 24.3 Å². The summed E-state index contributed by atoms with van der Waals surface area (Å²) in [6.07, 6.45) is 5.10. The molecule has 1 amide bonds. The molecule has 1 saturated heterocycles. The van der Waals surface area contributed by atoms with E-state index in [0.717, 1.165) is 23.6 Å². The highest BCUT2D eigenvalue weighted by Gasteiger charge is 2.23. The quantitative estimate of drug-likeness (QED) is 0.467. The van der Waals surface area contributed by atoms with Crippen molar-refractivity contribution < 1.29 is 22.4 Å². The number of carbonyl (C=O) groups is 1. The lowest BCUT2D eigenvalue weighted by Gasteiger charge is -2.19. The fourth-order valence-electron chi connectivity index (χ4n) is 3.98. The smallest absolute Gasteiger partial charge is 0.272 e. The van der Waals surface area contributed by atoms with E-state index >= 15 is 0 Å². The first kappa shape index (κ1) is 20.7. The maximum Gasteiger partial charge on any atom is 0.272 e. The number of pyridine rings is 1. The normalized spacial score (nSPS) is 15.3. The third-order valence-electron chi connectivity index (χ3n) is 5.46. The van der Waals surface area contributed by atoms with Crippen molar-refractivity contribution in [1.82, 2.24) is 19.7 Å². The molecule has 1 aliphatic rings. The Morgan fingerprint density at radius 2 is 2.00 bits per heavy atom. The summed E-state index contributed by atoms with van der Waals surface area (Å²) in [5, 5.41) is 6.10. The van der Waals surface area contributed by atoms with Gasteiger partial charge in [-0.1, -0.05) is 18.2 Å². The number of rotatable bonds is 4. The molecule has 0 radical (unpaired) electrons. The number of nitrogens with zero attached hydrogens (tertiary/aromatic N) is 4. The second-order valence-corrected chi connectivity index (χ2v) is 10.0. The van der Waals surface area contributed by atoms with E-state index in [-0.39, 0.29) is 17.5 Å². The zero-order chi connectivity index (χ0) is 22.3. The molecule has 1 aromatic carbocycles. The molecule has 3 aromatic heterocycles. The number of para-hydroxylation sites is 1. The van der Waals surface area contributed by atoms with Gasteiger partial charge < -0.3 is 14.1 Å². The summed E-state index contributed by atoms with van der Waals surface area (Å²) < 4.78 is 36.6. The first-order valence-electron chi connectivity index (χ1n) is 10.3. The van der Waals surface area contributed by atoms with Gasteiger partial charge in [0.15, 0.2) is 9.84 Å². The van der Waals surface area contributed by atoms with Crippen LogP contribution in [0.5, 0.6) is 0 Å². The van der Waals surface area contributed by atoms with Gasteiger partial charge in [0, 0.05) is 48.5 Å². The predicted octanol–water partition coefficient (Wildman–Crippen LogP) is 2.71. The van der Waals surface area contributed by atoms with Crippen LogP contribution in [0.4, 0.5) is 0 Å².